The van der Waals surface area contributed by atoms with Crippen LogP contribution in [0.2, 0.25) is 0 Å². The van der Waals surface area contributed by atoms with Crippen molar-refractivity contribution in [3.05, 3.63) is 29.5 Å². The van der Waals surface area contributed by atoms with Crippen molar-refractivity contribution < 1.29 is 4.79 Å². The maximum atomic E-state index is 11.3. The molecule has 2 rings (SSSR count). The third-order valence-corrected chi connectivity index (χ3v) is 2.75. The van der Waals surface area contributed by atoms with Crippen LogP contribution in [0.1, 0.15) is 35.9 Å². The van der Waals surface area contributed by atoms with Crippen LogP contribution in [0.5, 0.6) is 0 Å². The molecule has 1 amide bonds. The van der Waals surface area contributed by atoms with E-state index in [0.29, 0.717) is 12.2 Å². The van der Waals surface area contributed by atoms with Gasteiger partial charge in [-0.25, -0.2) is 9.97 Å². The molecule has 0 saturated heterocycles. The van der Waals surface area contributed by atoms with Gasteiger partial charge in [-0.15, -0.1) is 5.10 Å². The lowest BCUT2D eigenvalue weighted by atomic mass is 10.2. The van der Waals surface area contributed by atoms with Crippen molar-refractivity contribution in [2.24, 2.45) is 5.73 Å². The zero-order valence-electron chi connectivity index (χ0n) is 10.9. The zero-order valence-corrected chi connectivity index (χ0v) is 10.9. The molecule has 0 spiro atoms. The maximum absolute atomic E-state index is 11.3. The van der Waals surface area contributed by atoms with Gasteiger partial charge in [0.2, 0.25) is 0 Å². The Morgan fingerprint density at radius 3 is 2.68 bits per heavy atom. The molecule has 0 aliphatic rings. The maximum Gasteiger partial charge on any atom is 0.250 e. The third kappa shape index (κ3) is 2.40. The Bertz CT molecular complexity index is 619. The van der Waals surface area contributed by atoms with Crippen LogP contribution in [0, 0.1) is 0 Å². The van der Waals surface area contributed by atoms with E-state index in [4.69, 9.17) is 11.5 Å². The van der Waals surface area contributed by atoms with Gasteiger partial charge in [-0.1, -0.05) is 13.8 Å². The second kappa shape index (κ2) is 5.05. The quantitative estimate of drug-likeness (QED) is 0.829. The average molecular weight is 260 g/mol. The third-order valence-electron chi connectivity index (χ3n) is 2.75. The van der Waals surface area contributed by atoms with E-state index in [2.05, 4.69) is 15.1 Å². The van der Waals surface area contributed by atoms with E-state index in [1.807, 2.05) is 13.8 Å². The van der Waals surface area contributed by atoms with E-state index >= 15 is 0 Å². The van der Waals surface area contributed by atoms with Crippen molar-refractivity contribution in [1.82, 2.24) is 19.7 Å². The summed E-state index contributed by atoms with van der Waals surface area (Å²) in [6, 6.07) is 1.53. The van der Waals surface area contributed by atoms with Gasteiger partial charge in [0.1, 0.15) is 5.82 Å². The highest BCUT2D eigenvalue weighted by molar-refractivity contribution is 5.98. The Balaban J connectivity index is 2.55. The summed E-state index contributed by atoms with van der Waals surface area (Å²) >= 11 is 0. The van der Waals surface area contributed by atoms with Gasteiger partial charge in [0.25, 0.3) is 5.91 Å². The fourth-order valence-electron chi connectivity index (χ4n) is 1.74. The molecule has 0 atom stereocenters. The first-order chi connectivity index (χ1) is 9.06. The number of rotatable bonds is 4. The van der Waals surface area contributed by atoms with Crippen LogP contribution in [0.3, 0.4) is 0 Å². The lowest BCUT2D eigenvalue weighted by molar-refractivity contribution is 0.100. The number of carbonyl (C=O) groups excluding carboxylic acids is 1. The molecule has 7 nitrogen and oxygen atoms in total. The smallest absolute Gasteiger partial charge is 0.250 e. The average Bonchev–Trinajstić information content (AvgIpc) is 2.82. The fraction of sp³-hybridized carbons (Fsp3) is 0.333. The summed E-state index contributed by atoms with van der Waals surface area (Å²) in [5.74, 6) is 1.42. The molecule has 0 radical (unpaired) electrons. The normalized spacial score (nSPS) is 10.6. The second-order valence-electron chi connectivity index (χ2n) is 4.06. The van der Waals surface area contributed by atoms with Crippen LogP contribution in [-0.2, 0) is 12.8 Å². The lowest BCUT2D eigenvalue weighted by Gasteiger charge is -2.06. The predicted octanol–water partition coefficient (Wildman–Crippen LogP) is 0.468. The van der Waals surface area contributed by atoms with Gasteiger partial charge in [-0.3, -0.25) is 4.79 Å². The van der Waals surface area contributed by atoms with Crippen LogP contribution >= 0.6 is 0 Å². The number of anilines is 1. The molecule has 2 aromatic heterocycles. The summed E-state index contributed by atoms with van der Waals surface area (Å²) in [5.41, 5.74) is 11.4. The molecule has 0 aliphatic carbocycles. The first-order valence-electron chi connectivity index (χ1n) is 6.07. The molecule has 0 fully saturated rings. The predicted molar refractivity (Wildman–Crippen MR) is 70.8 cm³/mol. The van der Waals surface area contributed by atoms with Crippen LogP contribution in [0.15, 0.2) is 12.3 Å². The van der Waals surface area contributed by atoms with Crippen molar-refractivity contribution in [2.45, 2.75) is 26.7 Å². The fourth-order valence-corrected chi connectivity index (χ4v) is 1.74. The minimum atomic E-state index is -0.588. The van der Waals surface area contributed by atoms with Gasteiger partial charge in [-0.05, 0) is 6.07 Å². The van der Waals surface area contributed by atoms with E-state index in [-0.39, 0.29) is 11.3 Å². The van der Waals surface area contributed by atoms with Crippen LogP contribution in [-0.4, -0.2) is 25.7 Å². The molecule has 19 heavy (non-hydrogen) atoms. The largest absolute Gasteiger partial charge is 0.397 e. The molecule has 0 bridgehead atoms. The summed E-state index contributed by atoms with van der Waals surface area (Å²) in [6.07, 6.45) is 2.85. The van der Waals surface area contributed by atoms with E-state index in [1.165, 1.54) is 12.3 Å². The summed E-state index contributed by atoms with van der Waals surface area (Å²) in [6.45, 7) is 3.95. The number of pyridine rings is 1. The number of nitrogens with zero attached hydrogens (tertiary/aromatic N) is 4. The Morgan fingerprint density at radius 2 is 2.11 bits per heavy atom. The van der Waals surface area contributed by atoms with E-state index in [9.17, 15) is 4.79 Å². The number of nitrogens with two attached hydrogens (primary N) is 2. The molecule has 7 heteroatoms. The summed E-state index contributed by atoms with van der Waals surface area (Å²) < 4.78 is 1.62. The highest BCUT2D eigenvalue weighted by Gasteiger charge is 2.13. The van der Waals surface area contributed by atoms with Crippen LogP contribution < -0.4 is 11.5 Å². The van der Waals surface area contributed by atoms with Gasteiger partial charge in [0, 0.05) is 12.8 Å². The van der Waals surface area contributed by atoms with Crippen molar-refractivity contribution >= 4 is 11.6 Å². The first-order valence-corrected chi connectivity index (χ1v) is 6.07. The van der Waals surface area contributed by atoms with Crippen LogP contribution in [0.25, 0.3) is 5.82 Å². The molecule has 100 valence electrons. The number of nitrogen functional groups attached to an aromatic ring is 1. The van der Waals surface area contributed by atoms with Gasteiger partial charge in [0.05, 0.1) is 17.4 Å². The lowest BCUT2D eigenvalue weighted by Crippen LogP contribution is -2.15. The number of amides is 1. The monoisotopic (exact) mass is 260 g/mol. The molecule has 0 unspecified atom stereocenters. The van der Waals surface area contributed by atoms with Crippen molar-refractivity contribution in [3.8, 4) is 5.82 Å². The second-order valence-corrected chi connectivity index (χ2v) is 4.06. The number of hydrogen-bond acceptors (Lipinski definition) is 5. The molecule has 0 aliphatic heterocycles. The molecule has 0 saturated carbocycles. The summed E-state index contributed by atoms with van der Waals surface area (Å²) in [4.78, 5) is 19.9. The number of aryl methyl sites for hydroxylation is 2. The SMILES string of the molecule is CCc1nc(CC)n(-c2cc(C(N)=O)c(N)cn2)n1. The highest BCUT2D eigenvalue weighted by Crippen LogP contribution is 2.15. The molecule has 0 aromatic carbocycles. The zero-order chi connectivity index (χ0) is 14.0. The van der Waals surface area contributed by atoms with Gasteiger partial charge < -0.3 is 11.5 Å². The molecular weight excluding hydrogens is 244 g/mol. The van der Waals surface area contributed by atoms with Gasteiger partial charge in [-0.2, -0.15) is 4.68 Å². The van der Waals surface area contributed by atoms with E-state index in [0.717, 1.165) is 18.1 Å². The van der Waals surface area contributed by atoms with Crippen LogP contribution in [0.4, 0.5) is 5.69 Å². The summed E-state index contributed by atoms with van der Waals surface area (Å²) in [7, 11) is 0. The van der Waals surface area contributed by atoms with Crippen molar-refractivity contribution in [1.29, 1.82) is 0 Å². The van der Waals surface area contributed by atoms with Crippen molar-refractivity contribution in [2.75, 3.05) is 5.73 Å². The number of aromatic nitrogens is 4. The van der Waals surface area contributed by atoms with Gasteiger partial charge >= 0.3 is 0 Å². The van der Waals surface area contributed by atoms with Crippen molar-refractivity contribution in [3.63, 3.8) is 0 Å². The molecule has 2 aromatic rings. The summed E-state index contributed by atoms with van der Waals surface area (Å²) in [5, 5.41) is 4.35. The molecule has 4 N–H and O–H groups in total. The minimum Gasteiger partial charge on any atom is -0.397 e. The number of carbonyl (C=O) groups is 1. The topological polar surface area (TPSA) is 113 Å². The Hall–Kier alpha value is -2.44. The Kier molecular flexibility index (Phi) is 3.46. The Labute approximate surface area is 110 Å². The number of hydrogen-bond donors (Lipinski definition) is 2. The van der Waals surface area contributed by atoms with Gasteiger partial charge in [0.15, 0.2) is 11.6 Å². The highest BCUT2D eigenvalue weighted by atomic mass is 16.1. The van der Waals surface area contributed by atoms with E-state index in [1.54, 1.807) is 4.68 Å². The van der Waals surface area contributed by atoms with E-state index < -0.39 is 5.91 Å². The molecular formula is C12H16N6O. The standard InChI is InChI=1S/C12H16N6O/c1-3-9-16-10(4-2)18(17-9)11-5-7(12(14)19)8(13)6-15-11/h5-6H,3-4,13H2,1-2H3,(H2,14,19). The number of primary amides is 1. The minimum absolute atomic E-state index is 0.237. The first kappa shape index (κ1) is 13.0. The molecule has 2 heterocycles. The Morgan fingerprint density at radius 1 is 1.37 bits per heavy atom.